The van der Waals surface area contributed by atoms with Crippen LogP contribution in [0.3, 0.4) is 0 Å². The van der Waals surface area contributed by atoms with Gasteiger partial charge in [0.15, 0.2) is 11.5 Å². The van der Waals surface area contributed by atoms with E-state index in [1.807, 2.05) is 48.5 Å². The fraction of sp³-hybridized carbons (Fsp3) is 0.370. The van der Waals surface area contributed by atoms with E-state index in [2.05, 4.69) is 27.4 Å². The first-order valence-electron chi connectivity index (χ1n) is 12.3. The van der Waals surface area contributed by atoms with Gasteiger partial charge in [0.05, 0.1) is 5.69 Å². The van der Waals surface area contributed by atoms with Gasteiger partial charge in [-0.25, -0.2) is 0 Å². The molecule has 174 valence electrons. The van der Waals surface area contributed by atoms with Crippen LogP contribution in [0.4, 0.5) is 5.69 Å². The van der Waals surface area contributed by atoms with Crippen LogP contribution in [0.5, 0.6) is 0 Å². The van der Waals surface area contributed by atoms with Gasteiger partial charge in [0.2, 0.25) is 5.91 Å². The van der Waals surface area contributed by atoms with Crippen LogP contribution >= 0.6 is 0 Å². The van der Waals surface area contributed by atoms with E-state index in [1.165, 1.54) is 32.1 Å². The molecule has 1 aliphatic carbocycles. The molecular formula is C27H30N6O. The molecule has 1 amide bonds. The lowest BCUT2D eigenvalue weighted by Gasteiger charge is -2.27. The summed E-state index contributed by atoms with van der Waals surface area (Å²) >= 11 is 0. The van der Waals surface area contributed by atoms with Gasteiger partial charge >= 0.3 is 0 Å². The van der Waals surface area contributed by atoms with Crippen molar-refractivity contribution in [2.45, 2.75) is 51.9 Å². The number of nitrogens with one attached hydrogen (secondary N) is 1. The monoisotopic (exact) mass is 454 g/mol. The summed E-state index contributed by atoms with van der Waals surface area (Å²) in [5, 5.41) is 16.5. The summed E-state index contributed by atoms with van der Waals surface area (Å²) in [6.07, 6.45) is 11.6. The minimum atomic E-state index is 0.107. The molecule has 1 fully saturated rings. The molecule has 4 aromatic rings. The van der Waals surface area contributed by atoms with Crippen molar-refractivity contribution in [3.63, 3.8) is 0 Å². The minimum absolute atomic E-state index is 0.107. The number of pyridine rings is 1. The number of rotatable bonds is 7. The zero-order valence-corrected chi connectivity index (χ0v) is 19.5. The average molecular weight is 455 g/mol. The van der Waals surface area contributed by atoms with Gasteiger partial charge in [-0.05, 0) is 68.0 Å². The Balaban J connectivity index is 1.31. The highest BCUT2D eigenvalue weighted by Gasteiger charge is 2.26. The Morgan fingerprint density at radius 2 is 1.82 bits per heavy atom. The van der Waals surface area contributed by atoms with Crippen LogP contribution in [0.1, 0.15) is 51.9 Å². The molecule has 3 heterocycles. The highest BCUT2D eigenvalue weighted by atomic mass is 16.1. The van der Waals surface area contributed by atoms with E-state index in [4.69, 9.17) is 5.10 Å². The topological polar surface area (TPSA) is 85.1 Å². The maximum absolute atomic E-state index is 12.9. The maximum Gasteiger partial charge on any atom is 0.227 e. The molecule has 0 aliphatic heterocycles. The molecule has 1 N–H and O–H groups in total. The third kappa shape index (κ3) is 4.83. The van der Waals surface area contributed by atoms with E-state index >= 15 is 0 Å². The Labute approximate surface area is 199 Å². The predicted octanol–water partition coefficient (Wildman–Crippen LogP) is 5.79. The van der Waals surface area contributed by atoms with E-state index in [0.29, 0.717) is 11.5 Å². The van der Waals surface area contributed by atoms with Crippen LogP contribution in [0.2, 0.25) is 0 Å². The highest BCUT2D eigenvalue weighted by Crippen LogP contribution is 2.33. The van der Waals surface area contributed by atoms with Crippen molar-refractivity contribution in [3.8, 4) is 22.6 Å². The number of hydrogen-bond donors (Lipinski definition) is 1. The Hall–Kier alpha value is -3.61. The molecule has 3 aromatic heterocycles. The standard InChI is InChI=1S/C27H30N6O/c1-2-3-5-19-8-10-21(11-9-19)27(34)29-23-7-4-6-22(18-23)24-12-13-25-30-31-26(33(25)32-24)20-14-16-28-17-15-20/h4,6-7,12-19,21H,2-3,5,8-11H2,1H3,(H,29,34). The Bertz CT molecular complexity index is 1260. The lowest BCUT2D eigenvalue weighted by atomic mass is 9.79. The van der Waals surface area contributed by atoms with Crippen molar-refractivity contribution in [1.82, 2.24) is 24.8 Å². The summed E-state index contributed by atoms with van der Waals surface area (Å²) < 4.78 is 1.74. The number of nitrogens with zero attached hydrogens (tertiary/aromatic N) is 5. The lowest BCUT2D eigenvalue weighted by Crippen LogP contribution is -2.27. The largest absolute Gasteiger partial charge is 0.326 e. The number of anilines is 1. The second-order valence-corrected chi connectivity index (χ2v) is 9.18. The molecule has 1 saturated carbocycles. The molecular weight excluding hydrogens is 424 g/mol. The molecule has 1 aromatic carbocycles. The van der Waals surface area contributed by atoms with Crippen molar-refractivity contribution >= 4 is 17.2 Å². The van der Waals surface area contributed by atoms with E-state index < -0.39 is 0 Å². The van der Waals surface area contributed by atoms with Gasteiger partial charge < -0.3 is 5.32 Å². The number of benzene rings is 1. The summed E-state index contributed by atoms with van der Waals surface area (Å²) in [4.78, 5) is 17.0. The third-order valence-electron chi connectivity index (χ3n) is 6.81. The fourth-order valence-electron chi connectivity index (χ4n) is 4.83. The van der Waals surface area contributed by atoms with E-state index in [9.17, 15) is 4.79 Å². The van der Waals surface area contributed by atoms with Crippen molar-refractivity contribution in [2.75, 3.05) is 5.32 Å². The zero-order valence-electron chi connectivity index (χ0n) is 19.5. The van der Waals surface area contributed by atoms with E-state index in [0.717, 1.165) is 41.3 Å². The first-order valence-corrected chi connectivity index (χ1v) is 12.3. The van der Waals surface area contributed by atoms with Gasteiger partial charge in [0.1, 0.15) is 0 Å². The van der Waals surface area contributed by atoms with Crippen molar-refractivity contribution in [3.05, 3.63) is 60.9 Å². The Kier molecular flexibility index (Phi) is 6.60. The molecule has 34 heavy (non-hydrogen) atoms. The quantitative estimate of drug-likeness (QED) is 0.382. The number of hydrogen-bond acceptors (Lipinski definition) is 5. The predicted molar refractivity (Wildman–Crippen MR) is 133 cm³/mol. The van der Waals surface area contributed by atoms with Gasteiger partial charge in [-0.15, -0.1) is 10.2 Å². The van der Waals surface area contributed by atoms with Crippen LogP contribution in [-0.2, 0) is 4.79 Å². The van der Waals surface area contributed by atoms with Gasteiger partial charge in [-0.1, -0.05) is 38.3 Å². The number of carbonyl (C=O) groups excluding carboxylic acids is 1. The summed E-state index contributed by atoms with van der Waals surface area (Å²) in [5.41, 5.74) is 4.09. The Morgan fingerprint density at radius 3 is 2.62 bits per heavy atom. The molecule has 0 radical (unpaired) electrons. The molecule has 0 unspecified atom stereocenters. The molecule has 0 bridgehead atoms. The van der Waals surface area contributed by atoms with Crippen molar-refractivity contribution in [1.29, 1.82) is 0 Å². The van der Waals surface area contributed by atoms with Crippen molar-refractivity contribution < 1.29 is 4.79 Å². The first-order chi connectivity index (χ1) is 16.7. The minimum Gasteiger partial charge on any atom is -0.326 e. The van der Waals surface area contributed by atoms with Crippen molar-refractivity contribution in [2.24, 2.45) is 11.8 Å². The van der Waals surface area contributed by atoms with Gasteiger partial charge in [-0.2, -0.15) is 9.61 Å². The zero-order chi connectivity index (χ0) is 23.3. The van der Waals surface area contributed by atoms with Crippen LogP contribution in [0, 0.1) is 11.8 Å². The molecule has 0 spiro atoms. The van der Waals surface area contributed by atoms with Crippen LogP contribution in [-0.4, -0.2) is 30.7 Å². The van der Waals surface area contributed by atoms with E-state index in [-0.39, 0.29) is 11.8 Å². The number of fused-ring (bicyclic) bond motifs is 1. The molecule has 5 rings (SSSR count). The summed E-state index contributed by atoms with van der Waals surface area (Å²) in [6.45, 7) is 2.24. The highest BCUT2D eigenvalue weighted by molar-refractivity contribution is 5.93. The number of unbranched alkanes of at least 4 members (excludes halogenated alkanes) is 1. The fourth-order valence-corrected chi connectivity index (χ4v) is 4.83. The second-order valence-electron chi connectivity index (χ2n) is 9.18. The lowest BCUT2D eigenvalue weighted by molar-refractivity contribution is -0.121. The first kappa shape index (κ1) is 22.2. The summed E-state index contributed by atoms with van der Waals surface area (Å²) in [5.74, 6) is 1.70. The molecule has 1 aliphatic rings. The second kappa shape index (κ2) is 10.1. The summed E-state index contributed by atoms with van der Waals surface area (Å²) in [6, 6.07) is 15.5. The van der Waals surface area contributed by atoms with Crippen LogP contribution in [0.15, 0.2) is 60.9 Å². The molecule has 0 saturated heterocycles. The van der Waals surface area contributed by atoms with Gasteiger partial charge in [-0.3, -0.25) is 9.78 Å². The number of amides is 1. The van der Waals surface area contributed by atoms with Crippen LogP contribution in [0.25, 0.3) is 28.3 Å². The molecule has 7 heteroatoms. The average Bonchev–Trinajstić information content (AvgIpc) is 3.32. The maximum atomic E-state index is 12.9. The molecule has 7 nitrogen and oxygen atoms in total. The third-order valence-corrected chi connectivity index (χ3v) is 6.81. The number of aromatic nitrogens is 5. The SMILES string of the molecule is CCCCC1CCC(C(=O)Nc2cccc(-c3ccc4nnc(-c5ccncc5)n4n3)c2)CC1. The van der Waals surface area contributed by atoms with E-state index in [1.54, 1.807) is 16.9 Å². The van der Waals surface area contributed by atoms with Crippen LogP contribution < -0.4 is 5.32 Å². The normalized spacial score (nSPS) is 18.1. The Morgan fingerprint density at radius 1 is 1.00 bits per heavy atom. The number of carbonyl (C=O) groups is 1. The van der Waals surface area contributed by atoms with Gasteiger partial charge in [0.25, 0.3) is 0 Å². The van der Waals surface area contributed by atoms with Gasteiger partial charge in [0, 0.05) is 35.1 Å². The smallest absolute Gasteiger partial charge is 0.227 e. The summed E-state index contributed by atoms with van der Waals surface area (Å²) in [7, 11) is 0. The molecule has 0 atom stereocenters.